The summed E-state index contributed by atoms with van der Waals surface area (Å²) in [4.78, 5) is 26.2. The number of hydrogen-bond acceptors (Lipinski definition) is 7. The van der Waals surface area contributed by atoms with Gasteiger partial charge in [-0.05, 0) is 42.5 Å². The number of amides is 1. The molecule has 2 aromatic carbocycles. The highest BCUT2D eigenvalue weighted by Gasteiger charge is 2.27. The number of benzene rings is 2. The summed E-state index contributed by atoms with van der Waals surface area (Å²) < 4.78 is 21.1. The number of anilines is 1. The van der Waals surface area contributed by atoms with Gasteiger partial charge in [-0.25, -0.2) is 14.4 Å². The summed E-state index contributed by atoms with van der Waals surface area (Å²) in [7, 11) is 1.54. The van der Waals surface area contributed by atoms with Crippen LogP contribution in [0.5, 0.6) is 5.75 Å². The Morgan fingerprint density at radius 1 is 1.06 bits per heavy atom. The molecule has 2 aromatic heterocycles. The summed E-state index contributed by atoms with van der Waals surface area (Å²) >= 11 is 0. The van der Waals surface area contributed by atoms with Gasteiger partial charge in [0.25, 0.3) is 11.9 Å². The second-order valence-corrected chi connectivity index (χ2v) is 8.37. The molecule has 0 aliphatic carbocycles. The maximum Gasteiger partial charge on any atom is 0.257 e. The molecule has 0 saturated carbocycles. The van der Waals surface area contributed by atoms with Crippen molar-refractivity contribution < 1.29 is 19.0 Å². The van der Waals surface area contributed by atoms with Crippen LogP contribution in [-0.2, 0) is 11.3 Å². The minimum atomic E-state index is -0.387. The smallest absolute Gasteiger partial charge is 0.257 e. The molecular weight excluding hydrogens is 463 g/mol. The minimum Gasteiger partial charge on any atom is -0.508 e. The molecule has 0 bridgehead atoms. The molecule has 9 nitrogen and oxygen atoms in total. The maximum absolute atomic E-state index is 14.3. The Bertz CT molecular complexity index is 1370. The fourth-order valence-corrected chi connectivity index (χ4v) is 4.27. The second kappa shape index (κ2) is 10.1. The summed E-state index contributed by atoms with van der Waals surface area (Å²) in [6.07, 6.45) is 3.04. The molecule has 1 fully saturated rings. The third-order valence-electron chi connectivity index (χ3n) is 6.14. The molecule has 1 amide bonds. The number of hydrogen-bond donors (Lipinski definition) is 1. The van der Waals surface area contributed by atoms with Crippen LogP contribution in [0.15, 0.2) is 67.0 Å². The van der Waals surface area contributed by atoms with Crippen molar-refractivity contribution in [3.63, 3.8) is 0 Å². The van der Waals surface area contributed by atoms with E-state index in [0.29, 0.717) is 48.7 Å². The number of ether oxygens (including phenoxy) is 1. The van der Waals surface area contributed by atoms with Crippen molar-refractivity contribution >= 4 is 11.6 Å². The minimum absolute atomic E-state index is 0.127. The monoisotopic (exact) mass is 488 g/mol. The number of methoxy groups -OCH3 is 1. The molecule has 36 heavy (non-hydrogen) atoms. The van der Waals surface area contributed by atoms with Crippen LogP contribution in [0.1, 0.15) is 16.1 Å². The molecule has 1 N–H and O–H groups in total. The summed E-state index contributed by atoms with van der Waals surface area (Å²) in [5, 5.41) is 13.9. The van der Waals surface area contributed by atoms with Crippen molar-refractivity contribution in [2.45, 2.75) is 6.61 Å². The van der Waals surface area contributed by atoms with Gasteiger partial charge in [-0.15, -0.1) is 0 Å². The summed E-state index contributed by atoms with van der Waals surface area (Å²) in [5.74, 6) is -0.0939. The molecule has 1 aliphatic heterocycles. The zero-order chi connectivity index (χ0) is 25.1. The molecule has 0 atom stereocenters. The molecule has 0 radical (unpaired) electrons. The first-order chi connectivity index (χ1) is 17.5. The molecule has 0 unspecified atom stereocenters. The van der Waals surface area contributed by atoms with Gasteiger partial charge in [0.2, 0.25) is 0 Å². The normalized spacial score (nSPS) is 13.7. The molecule has 3 heterocycles. The zero-order valence-electron chi connectivity index (χ0n) is 19.7. The Labute approximate surface area is 207 Å². The van der Waals surface area contributed by atoms with Crippen LogP contribution in [0.3, 0.4) is 0 Å². The second-order valence-electron chi connectivity index (χ2n) is 8.37. The number of piperazine rings is 1. The van der Waals surface area contributed by atoms with Crippen LogP contribution in [0.4, 0.5) is 10.1 Å². The van der Waals surface area contributed by atoms with Crippen molar-refractivity contribution in [2.24, 2.45) is 0 Å². The number of rotatable bonds is 6. The van der Waals surface area contributed by atoms with Gasteiger partial charge < -0.3 is 19.6 Å². The van der Waals surface area contributed by atoms with Gasteiger partial charge in [-0.3, -0.25) is 4.79 Å². The average molecular weight is 489 g/mol. The third-order valence-corrected chi connectivity index (χ3v) is 6.14. The summed E-state index contributed by atoms with van der Waals surface area (Å²) in [6.45, 7) is 2.53. The number of carbonyl (C=O) groups excluding carboxylic acids is 1. The Kier molecular flexibility index (Phi) is 6.59. The van der Waals surface area contributed by atoms with Gasteiger partial charge in [0, 0.05) is 50.7 Å². The van der Waals surface area contributed by atoms with Crippen LogP contribution in [0, 0.1) is 5.82 Å². The van der Waals surface area contributed by atoms with E-state index in [4.69, 9.17) is 4.74 Å². The predicted octanol–water partition coefficient (Wildman–Crippen LogP) is 3.28. The first-order valence-electron chi connectivity index (χ1n) is 11.5. The fourth-order valence-electron chi connectivity index (χ4n) is 4.27. The van der Waals surface area contributed by atoms with Gasteiger partial charge in [0.05, 0.1) is 29.8 Å². The molecule has 5 rings (SSSR count). The Balaban J connectivity index is 1.38. The lowest BCUT2D eigenvalue weighted by molar-refractivity contribution is 0.0741. The van der Waals surface area contributed by atoms with Crippen molar-refractivity contribution in [3.05, 3.63) is 84.1 Å². The number of carbonyl (C=O) groups is 1. The molecular formula is C26H25FN6O3. The fraction of sp³-hybridized carbons (Fsp3) is 0.231. The molecule has 10 heteroatoms. The van der Waals surface area contributed by atoms with Gasteiger partial charge in [0.1, 0.15) is 11.6 Å². The van der Waals surface area contributed by atoms with Crippen LogP contribution in [-0.4, -0.2) is 69.0 Å². The zero-order valence-corrected chi connectivity index (χ0v) is 19.7. The lowest BCUT2D eigenvalue weighted by Crippen LogP contribution is -2.49. The number of phenolic OH excluding ortho intramolecular Hbond substituents is 1. The first kappa shape index (κ1) is 23.4. The molecule has 1 aliphatic rings. The quantitative estimate of drug-likeness (QED) is 0.445. The van der Waals surface area contributed by atoms with Crippen molar-refractivity contribution in [2.75, 3.05) is 38.2 Å². The maximum atomic E-state index is 14.3. The molecule has 4 aromatic rings. The molecule has 184 valence electrons. The lowest BCUT2D eigenvalue weighted by atomic mass is 10.1. The first-order valence-corrected chi connectivity index (χ1v) is 11.5. The van der Waals surface area contributed by atoms with Crippen LogP contribution >= 0.6 is 0 Å². The van der Waals surface area contributed by atoms with E-state index in [1.165, 1.54) is 23.1 Å². The van der Waals surface area contributed by atoms with Crippen LogP contribution < -0.4 is 4.90 Å². The lowest BCUT2D eigenvalue weighted by Gasteiger charge is -2.36. The summed E-state index contributed by atoms with van der Waals surface area (Å²) in [6, 6.07) is 15.0. The van der Waals surface area contributed by atoms with Crippen LogP contribution in [0.2, 0.25) is 0 Å². The number of aromatic nitrogens is 4. The SMILES string of the molecule is COCc1c(C(=O)N2CCN(c3ccc(O)cc3)CC2)cnn1-c1nccc(-c2ccccc2F)n1. The van der Waals surface area contributed by atoms with E-state index in [1.54, 1.807) is 48.4 Å². The largest absolute Gasteiger partial charge is 0.508 e. The average Bonchev–Trinajstić information content (AvgIpc) is 3.33. The number of nitrogens with zero attached hydrogens (tertiary/aromatic N) is 6. The standard InChI is InChI=1S/C26H25FN6O3/c1-36-17-24-21(25(35)32-14-12-31(13-15-32)18-6-8-19(34)9-7-18)16-29-33(24)26-28-11-10-23(30-26)20-4-2-3-5-22(20)27/h2-11,16,34H,12-15,17H2,1H3. The molecule has 1 saturated heterocycles. The Hall–Kier alpha value is -4.31. The van der Waals surface area contributed by atoms with E-state index in [-0.39, 0.29) is 30.0 Å². The third kappa shape index (κ3) is 4.63. The van der Waals surface area contributed by atoms with Crippen molar-refractivity contribution in [1.82, 2.24) is 24.6 Å². The number of phenols is 1. The highest BCUT2D eigenvalue weighted by atomic mass is 19.1. The van der Waals surface area contributed by atoms with E-state index in [9.17, 15) is 14.3 Å². The highest BCUT2D eigenvalue weighted by Crippen LogP contribution is 2.24. The van der Waals surface area contributed by atoms with E-state index in [1.807, 2.05) is 12.1 Å². The summed E-state index contributed by atoms with van der Waals surface area (Å²) in [5.41, 5.74) is 2.70. The Morgan fingerprint density at radius 2 is 1.81 bits per heavy atom. The Morgan fingerprint density at radius 3 is 2.53 bits per heavy atom. The van der Waals surface area contributed by atoms with E-state index in [2.05, 4.69) is 20.0 Å². The van der Waals surface area contributed by atoms with E-state index >= 15 is 0 Å². The number of halogens is 1. The number of aromatic hydroxyl groups is 1. The van der Waals surface area contributed by atoms with Crippen molar-refractivity contribution in [1.29, 1.82) is 0 Å². The van der Waals surface area contributed by atoms with E-state index < -0.39 is 0 Å². The topological polar surface area (TPSA) is 96.6 Å². The van der Waals surface area contributed by atoms with E-state index in [0.717, 1.165) is 5.69 Å². The van der Waals surface area contributed by atoms with Gasteiger partial charge >= 0.3 is 0 Å². The molecule has 0 spiro atoms. The van der Waals surface area contributed by atoms with Gasteiger partial charge in [-0.1, -0.05) is 12.1 Å². The van der Waals surface area contributed by atoms with Gasteiger partial charge in [0.15, 0.2) is 0 Å². The van der Waals surface area contributed by atoms with Gasteiger partial charge in [-0.2, -0.15) is 9.78 Å². The van der Waals surface area contributed by atoms with Crippen molar-refractivity contribution in [3.8, 4) is 23.0 Å². The van der Waals surface area contributed by atoms with Crippen LogP contribution in [0.25, 0.3) is 17.2 Å². The predicted molar refractivity (Wildman–Crippen MR) is 131 cm³/mol. The highest BCUT2D eigenvalue weighted by molar-refractivity contribution is 5.95.